The first-order valence-electron chi connectivity index (χ1n) is 13.4. The zero-order valence-corrected chi connectivity index (χ0v) is 20.7. The van der Waals surface area contributed by atoms with Crippen LogP contribution in [-0.2, 0) is 0 Å². The number of unbranched alkanes of at least 4 members (excludes halogenated alkanes) is 19. The first kappa shape index (κ1) is 28.0. The van der Waals surface area contributed by atoms with Gasteiger partial charge in [-0.25, -0.2) is 0 Å². The van der Waals surface area contributed by atoms with Crippen molar-refractivity contribution in [1.29, 1.82) is 0 Å². The SMILES string of the molecule is CCCCCCCCCCCCCC[N+](C)(C)CCCCCCCCCCC. The van der Waals surface area contributed by atoms with E-state index in [0.29, 0.717) is 0 Å². The Kier molecular flexibility index (Phi) is 21.6. The van der Waals surface area contributed by atoms with Crippen molar-refractivity contribution in [3.8, 4) is 0 Å². The highest BCUT2D eigenvalue weighted by molar-refractivity contribution is 4.50. The van der Waals surface area contributed by atoms with Crippen LogP contribution in [0.5, 0.6) is 0 Å². The van der Waals surface area contributed by atoms with Gasteiger partial charge in [-0.1, -0.05) is 123 Å². The third kappa shape index (κ3) is 22.3. The molecule has 0 fully saturated rings. The van der Waals surface area contributed by atoms with E-state index >= 15 is 0 Å². The predicted octanol–water partition coefficient (Wildman–Crippen LogP) is 9.29. The second-order valence-corrected chi connectivity index (χ2v) is 10.1. The molecule has 0 saturated carbocycles. The summed E-state index contributed by atoms with van der Waals surface area (Å²) in [6.45, 7) is 7.37. The van der Waals surface area contributed by atoms with Crippen molar-refractivity contribution in [2.75, 3.05) is 27.2 Å². The Bertz CT molecular complexity index is 284. The van der Waals surface area contributed by atoms with E-state index in [1.165, 1.54) is 152 Å². The van der Waals surface area contributed by atoms with E-state index in [0.717, 1.165) is 0 Å². The second kappa shape index (κ2) is 21.7. The summed E-state index contributed by atoms with van der Waals surface area (Å²) < 4.78 is 1.24. The van der Waals surface area contributed by atoms with Crippen LogP contribution in [-0.4, -0.2) is 31.7 Å². The molecule has 0 N–H and O–H groups in total. The molecule has 0 unspecified atom stereocenters. The Morgan fingerprint density at radius 3 is 0.786 bits per heavy atom. The maximum absolute atomic E-state index is 2.45. The van der Waals surface area contributed by atoms with E-state index in [2.05, 4.69) is 27.9 Å². The van der Waals surface area contributed by atoms with Gasteiger partial charge in [-0.2, -0.15) is 0 Å². The van der Waals surface area contributed by atoms with Crippen LogP contribution in [0.1, 0.15) is 149 Å². The monoisotopic (exact) mass is 396 g/mol. The van der Waals surface area contributed by atoms with Crippen molar-refractivity contribution < 1.29 is 4.48 Å². The van der Waals surface area contributed by atoms with Crippen LogP contribution in [0, 0.1) is 0 Å². The molecule has 0 amide bonds. The molecular weight excluding hydrogens is 338 g/mol. The van der Waals surface area contributed by atoms with E-state index in [4.69, 9.17) is 0 Å². The minimum Gasteiger partial charge on any atom is -0.328 e. The minimum atomic E-state index is 1.24. The van der Waals surface area contributed by atoms with E-state index in [-0.39, 0.29) is 0 Å². The fraction of sp³-hybridized carbons (Fsp3) is 1.00. The van der Waals surface area contributed by atoms with Crippen molar-refractivity contribution >= 4 is 0 Å². The van der Waals surface area contributed by atoms with Crippen molar-refractivity contribution in [2.45, 2.75) is 149 Å². The van der Waals surface area contributed by atoms with E-state index in [1.807, 2.05) is 0 Å². The first-order valence-corrected chi connectivity index (χ1v) is 13.4. The molecule has 0 heterocycles. The molecule has 0 aromatic carbocycles. The molecule has 1 heteroatoms. The topological polar surface area (TPSA) is 0 Å². The van der Waals surface area contributed by atoms with Crippen LogP contribution in [0.3, 0.4) is 0 Å². The van der Waals surface area contributed by atoms with Crippen LogP contribution in [0.25, 0.3) is 0 Å². The lowest BCUT2D eigenvalue weighted by Gasteiger charge is -2.30. The van der Waals surface area contributed by atoms with Crippen LogP contribution < -0.4 is 0 Å². The number of rotatable bonds is 23. The molecular formula is C27H58N+. The van der Waals surface area contributed by atoms with Gasteiger partial charge in [0.2, 0.25) is 0 Å². The lowest BCUT2D eigenvalue weighted by Crippen LogP contribution is -2.41. The van der Waals surface area contributed by atoms with Gasteiger partial charge in [0.1, 0.15) is 0 Å². The molecule has 0 aliphatic rings. The van der Waals surface area contributed by atoms with Gasteiger partial charge in [-0.15, -0.1) is 0 Å². The van der Waals surface area contributed by atoms with Crippen LogP contribution in [0.15, 0.2) is 0 Å². The minimum absolute atomic E-state index is 1.24. The molecule has 0 saturated heterocycles. The third-order valence-electron chi connectivity index (χ3n) is 6.48. The molecule has 0 radical (unpaired) electrons. The molecule has 0 aliphatic carbocycles. The average molecular weight is 397 g/mol. The molecule has 28 heavy (non-hydrogen) atoms. The Labute approximate surface area is 180 Å². The van der Waals surface area contributed by atoms with E-state index < -0.39 is 0 Å². The van der Waals surface area contributed by atoms with Crippen molar-refractivity contribution in [2.24, 2.45) is 0 Å². The Hall–Kier alpha value is -0.0400. The summed E-state index contributed by atoms with van der Waals surface area (Å²) in [5, 5.41) is 0. The number of hydrogen-bond donors (Lipinski definition) is 0. The molecule has 0 aromatic heterocycles. The number of hydrogen-bond acceptors (Lipinski definition) is 0. The summed E-state index contributed by atoms with van der Waals surface area (Å²) in [4.78, 5) is 0. The van der Waals surface area contributed by atoms with Gasteiger partial charge >= 0.3 is 0 Å². The smallest absolute Gasteiger partial charge is 0.0782 e. The maximum Gasteiger partial charge on any atom is 0.0782 e. The standard InChI is InChI=1S/C27H58N/c1-5-7-9-11-13-15-16-17-19-21-23-25-27-28(3,4)26-24-22-20-18-14-12-10-8-6-2/h5-27H2,1-4H3/q+1. The molecule has 0 bridgehead atoms. The van der Waals surface area contributed by atoms with E-state index in [9.17, 15) is 0 Å². The summed E-state index contributed by atoms with van der Waals surface area (Å²) in [5.41, 5.74) is 0. The highest BCUT2D eigenvalue weighted by Crippen LogP contribution is 2.14. The fourth-order valence-corrected chi connectivity index (χ4v) is 4.34. The van der Waals surface area contributed by atoms with Gasteiger partial charge in [-0.05, 0) is 25.7 Å². The Balaban J connectivity index is 3.30. The highest BCUT2D eigenvalue weighted by Gasteiger charge is 2.13. The summed E-state index contributed by atoms with van der Waals surface area (Å²) in [6.07, 6.45) is 30.5. The number of quaternary nitrogens is 1. The highest BCUT2D eigenvalue weighted by atomic mass is 15.3. The van der Waals surface area contributed by atoms with E-state index in [1.54, 1.807) is 0 Å². The summed E-state index contributed by atoms with van der Waals surface area (Å²) in [7, 11) is 4.90. The quantitative estimate of drug-likeness (QED) is 0.119. The normalized spacial score (nSPS) is 12.0. The van der Waals surface area contributed by atoms with Gasteiger partial charge in [-0.3, -0.25) is 0 Å². The zero-order chi connectivity index (χ0) is 20.8. The summed E-state index contributed by atoms with van der Waals surface area (Å²) in [6, 6.07) is 0. The molecule has 0 atom stereocenters. The molecule has 0 aromatic rings. The van der Waals surface area contributed by atoms with Gasteiger partial charge in [0.05, 0.1) is 27.2 Å². The van der Waals surface area contributed by atoms with Crippen LogP contribution in [0.4, 0.5) is 0 Å². The second-order valence-electron chi connectivity index (χ2n) is 10.1. The number of nitrogens with zero attached hydrogens (tertiary/aromatic N) is 1. The zero-order valence-electron chi connectivity index (χ0n) is 20.7. The average Bonchev–Trinajstić information content (AvgIpc) is 2.67. The van der Waals surface area contributed by atoms with Gasteiger partial charge < -0.3 is 4.48 Å². The molecule has 0 spiro atoms. The van der Waals surface area contributed by atoms with Crippen LogP contribution in [0.2, 0.25) is 0 Å². The first-order chi connectivity index (χ1) is 13.6. The van der Waals surface area contributed by atoms with Crippen molar-refractivity contribution in [1.82, 2.24) is 0 Å². The van der Waals surface area contributed by atoms with Gasteiger partial charge in [0, 0.05) is 0 Å². The molecule has 0 rings (SSSR count). The lowest BCUT2D eigenvalue weighted by atomic mass is 10.0. The molecule has 1 nitrogen and oxygen atoms in total. The fourth-order valence-electron chi connectivity index (χ4n) is 4.34. The summed E-state index contributed by atoms with van der Waals surface area (Å²) in [5.74, 6) is 0. The summed E-state index contributed by atoms with van der Waals surface area (Å²) >= 11 is 0. The molecule has 170 valence electrons. The van der Waals surface area contributed by atoms with Gasteiger partial charge in [0.15, 0.2) is 0 Å². The third-order valence-corrected chi connectivity index (χ3v) is 6.48. The van der Waals surface area contributed by atoms with Crippen molar-refractivity contribution in [3.05, 3.63) is 0 Å². The van der Waals surface area contributed by atoms with Gasteiger partial charge in [0.25, 0.3) is 0 Å². The molecule has 0 aliphatic heterocycles. The lowest BCUT2D eigenvalue weighted by molar-refractivity contribution is -0.890. The van der Waals surface area contributed by atoms with Crippen molar-refractivity contribution in [3.63, 3.8) is 0 Å². The Morgan fingerprint density at radius 2 is 0.536 bits per heavy atom. The Morgan fingerprint density at radius 1 is 0.321 bits per heavy atom. The maximum atomic E-state index is 2.45. The van der Waals surface area contributed by atoms with Crippen LogP contribution >= 0.6 is 0 Å². The largest absolute Gasteiger partial charge is 0.328 e. The predicted molar refractivity (Wildman–Crippen MR) is 130 cm³/mol.